The minimum absolute atomic E-state index is 0.0399. The van der Waals surface area contributed by atoms with Crippen molar-refractivity contribution in [1.82, 2.24) is 5.32 Å². The summed E-state index contributed by atoms with van der Waals surface area (Å²) in [5, 5.41) is 3.54. The molecule has 2 rings (SSSR count). The van der Waals surface area contributed by atoms with Gasteiger partial charge in [0.05, 0.1) is 16.5 Å². The summed E-state index contributed by atoms with van der Waals surface area (Å²) < 4.78 is 4.97. The topological polar surface area (TPSA) is 55.4 Å². The van der Waals surface area contributed by atoms with E-state index >= 15 is 0 Å². The molecule has 0 aromatic heterocycles. The summed E-state index contributed by atoms with van der Waals surface area (Å²) in [4.78, 5) is 23.4. The molecule has 6 heteroatoms. The second-order valence-electron chi connectivity index (χ2n) is 5.53. The molecule has 1 N–H and O–H groups in total. The van der Waals surface area contributed by atoms with Crippen molar-refractivity contribution >= 4 is 35.1 Å². The average Bonchev–Trinajstić information content (AvgIpc) is 2.61. The number of amides is 1. The highest BCUT2D eigenvalue weighted by Crippen LogP contribution is 2.22. The first-order chi connectivity index (χ1) is 12.0. The Hall–Kier alpha value is -2.04. The van der Waals surface area contributed by atoms with E-state index in [0.29, 0.717) is 22.2 Å². The number of rotatable bonds is 8. The first-order valence-electron chi connectivity index (χ1n) is 7.95. The third-order valence-corrected chi connectivity index (χ3v) is 4.24. The number of aryl methyl sites for hydroxylation is 1. The summed E-state index contributed by atoms with van der Waals surface area (Å²) in [5.41, 5.74) is 1.91. The van der Waals surface area contributed by atoms with E-state index in [1.54, 1.807) is 18.2 Å². The smallest absolute Gasteiger partial charge is 0.310 e. The summed E-state index contributed by atoms with van der Waals surface area (Å²) in [5.74, 6) is -0.798. The largest absolute Gasteiger partial charge is 0.455 e. The summed E-state index contributed by atoms with van der Waals surface area (Å²) >= 11 is 11.7. The Kier molecular flexibility index (Phi) is 7.76. The van der Waals surface area contributed by atoms with Crippen LogP contribution in [-0.4, -0.2) is 25.0 Å². The fourth-order valence-corrected chi connectivity index (χ4v) is 2.55. The zero-order valence-electron chi connectivity index (χ0n) is 13.6. The number of esters is 1. The first-order valence-corrected chi connectivity index (χ1v) is 8.70. The molecule has 0 unspecified atom stereocenters. The lowest BCUT2D eigenvalue weighted by atomic mass is 10.1. The maximum atomic E-state index is 11.7. The van der Waals surface area contributed by atoms with Crippen molar-refractivity contribution in [2.75, 3.05) is 13.2 Å². The third-order valence-electron chi connectivity index (χ3n) is 3.50. The van der Waals surface area contributed by atoms with Crippen LogP contribution in [0, 0.1) is 0 Å². The number of carbonyl (C=O) groups excluding carboxylic acids is 2. The summed E-state index contributed by atoms with van der Waals surface area (Å²) in [7, 11) is 0. The van der Waals surface area contributed by atoms with Gasteiger partial charge in [0.2, 0.25) is 0 Å². The second-order valence-corrected chi connectivity index (χ2v) is 6.34. The normalized spacial score (nSPS) is 10.3. The number of hydrogen-bond acceptors (Lipinski definition) is 3. The van der Waals surface area contributed by atoms with Gasteiger partial charge >= 0.3 is 5.97 Å². The fraction of sp³-hybridized carbons (Fsp3) is 0.263. The van der Waals surface area contributed by atoms with Gasteiger partial charge in [0, 0.05) is 6.54 Å². The van der Waals surface area contributed by atoms with E-state index in [0.717, 1.165) is 12.8 Å². The minimum Gasteiger partial charge on any atom is -0.455 e. The van der Waals surface area contributed by atoms with Crippen LogP contribution in [-0.2, 0) is 27.2 Å². The third kappa shape index (κ3) is 7.16. The van der Waals surface area contributed by atoms with Gasteiger partial charge in [-0.25, -0.2) is 0 Å². The van der Waals surface area contributed by atoms with Gasteiger partial charge in [-0.3, -0.25) is 9.59 Å². The second kappa shape index (κ2) is 10.1. The Bertz CT molecular complexity index is 720. The quantitative estimate of drug-likeness (QED) is 0.560. The van der Waals surface area contributed by atoms with Gasteiger partial charge in [0.25, 0.3) is 5.91 Å². The highest BCUT2D eigenvalue weighted by Gasteiger charge is 2.09. The van der Waals surface area contributed by atoms with Crippen molar-refractivity contribution in [3.8, 4) is 0 Å². The van der Waals surface area contributed by atoms with Crippen LogP contribution in [0.5, 0.6) is 0 Å². The van der Waals surface area contributed by atoms with E-state index in [1.165, 1.54) is 5.56 Å². The number of nitrogens with one attached hydrogen (secondary N) is 1. The van der Waals surface area contributed by atoms with Gasteiger partial charge < -0.3 is 10.1 Å². The number of carbonyl (C=O) groups is 2. The van der Waals surface area contributed by atoms with Crippen molar-refractivity contribution in [1.29, 1.82) is 0 Å². The minimum atomic E-state index is -0.488. The Morgan fingerprint density at radius 3 is 2.44 bits per heavy atom. The number of benzene rings is 2. The summed E-state index contributed by atoms with van der Waals surface area (Å²) in [6.07, 6.45) is 1.75. The molecule has 0 bridgehead atoms. The van der Waals surface area contributed by atoms with Crippen molar-refractivity contribution in [2.24, 2.45) is 0 Å². The maximum Gasteiger partial charge on any atom is 0.310 e. The van der Waals surface area contributed by atoms with E-state index in [4.69, 9.17) is 27.9 Å². The maximum absolute atomic E-state index is 11.7. The van der Waals surface area contributed by atoms with Crippen LogP contribution in [0.25, 0.3) is 0 Å². The van der Waals surface area contributed by atoms with Gasteiger partial charge in [0.15, 0.2) is 6.61 Å². The molecule has 4 nitrogen and oxygen atoms in total. The Balaban J connectivity index is 1.62. The van der Waals surface area contributed by atoms with E-state index in [9.17, 15) is 9.59 Å². The number of hydrogen-bond donors (Lipinski definition) is 1. The highest BCUT2D eigenvalue weighted by atomic mass is 35.5. The molecule has 25 heavy (non-hydrogen) atoms. The molecule has 0 atom stereocenters. The number of ether oxygens (including phenoxy) is 1. The Labute approximate surface area is 157 Å². The lowest BCUT2D eigenvalue weighted by Crippen LogP contribution is -2.30. The SMILES string of the molecule is O=C(COC(=O)Cc1ccc(Cl)c(Cl)c1)NCCCc1ccccc1. The van der Waals surface area contributed by atoms with Crippen LogP contribution in [0.3, 0.4) is 0 Å². The van der Waals surface area contributed by atoms with Gasteiger partial charge in [0.1, 0.15) is 0 Å². The van der Waals surface area contributed by atoms with E-state index in [-0.39, 0.29) is 18.9 Å². The molecule has 0 saturated heterocycles. The van der Waals surface area contributed by atoms with Crippen LogP contribution >= 0.6 is 23.2 Å². The molecule has 2 aromatic carbocycles. The zero-order valence-corrected chi connectivity index (χ0v) is 15.1. The summed E-state index contributed by atoms with van der Waals surface area (Å²) in [6.45, 7) is 0.254. The van der Waals surface area contributed by atoms with Crippen molar-refractivity contribution in [3.05, 3.63) is 69.7 Å². The van der Waals surface area contributed by atoms with Gasteiger partial charge in [-0.1, -0.05) is 59.6 Å². The standard InChI is InChI=1S/C19H19Cl2NO3/c20-16-9-8-15(11-17(16)21)12-19(24)25-13-18(23)22-10-4-7-14-5-2-1-3-6-14/h1-3,5-6,8-9,11H,4,7,10,12-13H2,(H,22,23). The van der Waals surface area contributed by atoms with Crippen LogP contribution in [0.1, 0.15) is 17.5 Å². The van der Waals surface area contributed by atoms with Gasteiger partial charge in [-0.2, -0.15) is 0 Å². The molecule has 132 valence electrons. The van der Waals surface area contributed by atoms with Crippen LogP contribution in [0.4, 0.5) is 0 Å². The molecular formula is C19H19Cl2NO3. The molecule has 0 heterocycles. The van der Waals surface area contributed by atoms with E-state index in [1.807, 2.05) is 30.3 Å². The van der Waals surface area contributed by atoms with Crippen molar-refractivity contribution < 1.29 is 14.3 Å². The molecule has 0 saturated carbocycles. The first kappa shape index (κ1) is 19.3. The van der Waals surface area contributed by atoms with Gasteiger partial charge in [-0.05, 0) is 36.1 Å². The molecule has 0 radical (unpaired) electrons. The zero-order chi connectivity index (χ0) is 18.1. The van der Waals surface area contributed by atoms with Crippen LogP contribution in [0.2, 0.25) is 10.0 Å². The van der Waals surface area contributed by atoms with Crippen LogP contribution in [0.15, 0.2) is 48.5 Å². The summed E-state index contributed by atoms with van der Waals surface area (Å²) in [6, 6.07) is 15.0. The van der Waals surface area contributed by atoms with E-state index in [2.05, 4.69) is 5.32 Å². The molecule has 0 aliphatic carbocycles. The molecule has 0 aliphatic rings. The lowest BCUT2D eigenvalue weighted by Gasteiger charge is -2.07. The molecule has 2 aromatic rings. The Morgan fingerprint density at radius 2 is 1.72 bits per heavy atom. The predicted octanol–water partition coefficient (Wildman–Crippen LogP) is 3.83. The molecular weight excluding hydrogens is 361 g/mol. The van der Waals surface area contributed by atoms with Crippen molar-refractivity contribution in [3.63, 3.8) is 0 Å². The molecule has 0 fully saturated rings. The lowest BCUT2D eigenvalue weighted by molar-refractivity contribution is -0.147. The molecule has 1 amide bonds. The fourth-order valence-electron chi connectivity index (χ4n) is 2.23. The van der Waals surface area contributed by atoms with Crippen molar-refractivity contribution in [2.45, 2.75) is 19.3 Å². The predicted molar refractivity (Wildman–Crippen MR) is 98.9 cm³/mol. The molecule has 0 aliphatic heterocycles. The monoisotopic (exact) mass is 379 g/mol. The van der Waals surface area contributed by atoms with Crippen LogP contribution < -0.4 is 5.32 Å². The Morgan fingerprint density at radius 1 is 0.960 bits per heavy atom. The van der Waals surface area contributed by atoms with E-state index < -0.39 is 5.97 Å². The van der Waals surface area contributed by atoms with Gasteiger partial charge in [-0.15, -0.1) is 0 Å². The highest BCUT2D eigenvalue weighted by molar-refractivity contribution is 6.42. The average molecular weight is 380 g/mol. The molecule has 0 spiro atoms. The number of halogens is 2.